The van der Waals surface area contributed by atoms with Crippen LogP contribution in [0, 0.1) is 12.7 Å². The molecule has 12 heteroatoms. The summed E-state index contributed by atoms with van der Waals surface area (Å²) in [5.74, 6) is -0.874. The van der Waals surface area contributed by atoms with Gasteiger partial charge in [-0.2, -0.15) is 13.2 Å². The summed E-state index contributed by atoms with van der Waals surface area (Å²) < 4.78 is 54.5. The third kappa shape index (κ3) is 5.39. The van der Waals surface area contributed by atoms with Crippen molar-refractivity contribution < 1.29 is 27.5 Å². The zero-order chi connectivity index (χ0) is 26.2. The van der Waals surface area contributed by atoms with Crippen molar-refractivity contribution in [1.82, 2.24) is 14.0 Å². The Bertz CT molecular complexity index is 1400. The smallest absolute Gasteiger partial charge is 0.390 e. The van der Waals surface area contributed by atoms with Crippen LogP contribution >= 0.6 is 11.3 Å². The van der Waals surface area contributed by atoms with Gasteiger partial charge in [0.15, 0.2) is 0 Å². The molecule has 0 aliphatic carbocycles. The van der Waals surface area contributed by atoms with Crippen molar-refractivity contribution in [1.29, 1.82) is 0 Å². The van der Waals surface area contributed by atoms with E-state index in [1.807, 2.05) is 0 Å². The Labute approximate surface area is 207 Å². The van der Waals surface area contributed by atoms with Gasteiger partial charge in [-0.25, -0.2) is 9.18 Å². The van der Waals surface area contributed by atoms with E-state index in [9.17, 15) is 37.1 Å². The van der Waals surface area contributed by atoms with E-state index in [0.29, 0.717) is 37.1 Å². The number of likely N-dealkylation sites (tertiary alicyclic amines) is 1. The monoisotopic (exact) mass is 527 g/mol. The number of nitrogens with zero attached hydrogens (tertiary/aromatic N) is 3. The van der Waals surface area contributed by atoms with E-state index in [4.69, 9.17) is 0 Å². The second-order valence-electron chi connectivity index (χ2n) is 8.90. The van der Waals surface area contributed by atoms with Crippen molar-refractivity contribution in [2.75, 3.05) is 13.1 Å². The summed E-state index contributed by atoms with van der Waals surface area (Å²) in [4.78, 5) is 41.5. The summed E-state index contributed by atoms with van der Waals surface area (Å²) in [6.45, 7) is 1.30. The molecule has 4 rings (SSSR count). The molecule has 0 saturated carbocycles. The van der Waals surface area contributed by atoms with E-state index in [0.717, 1.165) is 20.5 Å². The van der Waals surface area contributed by atoms with Gasteiger partial charge in [-0.3, -0.25) is 18.7 Å². The molecule has 1 aromatic carbocycles. The van der Waals surface area contributed by atoms with Crippen LogP contribution < -0.4 is 11.2 Å². The predicted octanol–water partition coefficient (Wildman–Crippen LogP) is 3.46. The van der Waals surface area contributed by atoms with Gasteiger partial charge in [-0.15, -0.1) is 11.3 Å². The maximum absolute atomic E-state index is 13.6. The first kappa shape index (κ1) is 26.1. The highest BCUT2D eigenvalue weighted by Gasteiger charge is 2.31. The molecule has 0 bridgehead atoms. The third-order valence-corrected chi connectivity index (χ3v) is 7.67. The van der Waals surface area contributed by atoms with Crippen molar-refractivity contribution >= 4 is 27.5 Å². The number of thiophene rings is 1. The third-order valence-electron chi connectivity index (χ3n) is 6.37. The number of hydrogen-bond donors (Lipinski definition) is 1. The van der Waals surface area contributed by atoms with Crippen molar-refractivity contribution in [3.63, 3.8) is 0 Å². The van der Waals surface area contributed by atoms with Crippen LogP contribution in [-0.4, -0.2) is 50.4 Å². The number of hydrogen-bond acceptors (Lipinski definition) is 5. The number of aryl methyl sites for hydroxylation is 3. The van der Waals surface area contributed by atoms with Gasteiger partial charge in [0, 0.05) is 26.2 Å². The topological polar surface area (TPSA) is 84.5 Å². The quantitative estimate of drug-likeness (QED) is 0.498. The van der Waals surface area contributed by atoms with Crippen LogP contribution in [0.1, 0.15) is 40.1 Å². The lowest BCUT2D eigenvalue weighted by molar-refractivity contribution is -0.136. The van der Waals surface area contributed by atoms with E-state index >= 15 is 0 Å². The van der Waals surface area contributed by atoms with Crippen LogP contribution in [0.15, 0.2) is 33.9 Å². The Balaban J connectivity index is 1.80. The van der Waals surface area contributed by atoms with Gasteiger partial charge in [-0.1, -0.05) is 12.1 Å². The average molecular weight is 528 g/mol. The van der Waals surface area contributed by atoms with E-state index in [-0.39, 0.29) is 34.0 Å². The minimum absolute atomic E-state index is 0.0224. The zero-order valence-corrected chi connectivity index (χ0v) is 20.3. The molecule has 194 valence electrons. The number of aliphatic hydroxyl groups excluding tert-OH is 1. The molecule has 0 unspecified atom stereocenters. The van der Waals surface area contributed by atoms with E-state index in [1.165, 1.54) is 23.1 Å². The molecule has 3 aromatic rings. The Morgan fingerprint density at radius 1 is 1.14 bits per heavy atom. The molecule has 1 aliphatic rings. The first-order chi connectivity index (χ1) is 17.0. The van der Waals surface area contributed by atoms with Gasteiger partial charge in [0.1, 0.15) is 10.6 Å². The number of carbonyl (C=O) groups excluding carboxylic acids is 1. The van der Waals surface area contributed by atoms with Crippen LogP contribution in [0.3, 0.4) is 0 Å². The van der Waals surface area contributed by atoms with Crippen LogP contribution in [0.5, 0.6) is 0 Å². The summed E-state index contributed by atoms with van der Waals surface area (Å²) in [7, 11) is 0. The number of fused-ring (bicyclic) bond motifs is 1. The molecule has 2 aromatic heterocycles. The molecule has 0 spiro atoms. The highest BCUT2D eigenvalue weighted by Crippen LogP contribution is 2.31. The molecule has 1 aliphatic heterocycles. The number of benzene rings is 1. The van der Waals surface area contributed by atoms with Crippen molar-refractivity contribution in [3.05, 3.63) is 66.9 Å². The molecular weight excluding hydrogens is 502 g/mol. The number of aromatic nitrogens is 2. The molecular formula is C24H25F4N3O4S. The van der Waals surface area contributed by atoms with Crippen molar-refractivity contribution in [2.24, 2.45) is 0 Å². The molecule has 36 heavy (non-hydrogen) atoms. The molecule has 0 atom stereocenters. The summed E-state index contributed by atoms with van der Waals surface area (Å²) >= 11 is 0.836. The van der Waals surface area contributed by atoms with Crippen LogP contribution in [0.2, 0.25) is 0 Å². The normalized spacial score (nSPS) is 15.1. The summed E-state index contributed by atoms with van der Waals surface area (Å²) in [6.07, 6.45) is -5.40. The summed E-state index contributed by atoms with van der Waals surface area (Å²) in [5, 5.41) is 9.75. The fourth-order valence-corrected chi connectivity index (χ4v) is 5.66. The average Bonchev–Trinajstić information content (AvgIpc) is 3.15. The maximum atomic E-state index is 13.6. The van der Waals surface area contributed by atoms with Gasteiger partial charge < -0.3 is 10.0 Å². The SMILES string of the molecule is Cc1c(C(=O)N2CCC(O)CC2)sc2c1c(=O)n(CCc1cccc(F)c1)c(=O)n2CCC(F)(F)F. The highest BCUT2D eigenvalue weighted by atomic mass is 32.1. The van der Waals surface area contributed by atoms with Crippen LogP contribution in [0.4, 0.5) is 17.6 Å². The van der Waals surface area contributed by atoms with Crippen LogP contribution in [0.25, 0.3) is 10.2 Å². The minimum atomic E-state index is -4.53. The maximum Gasteiger partial charge on any atom is 0.390 e. The fourth-order valence-electron chi connectivity index (χ4n) is 4.38. The standard InChI is InChI=1S/C24H25F4N3O4S/c1-14-18-20(33)30(11-5-15-3-2-4-16(25)13-15)23(35)31(12-8-24(26,27)28)22(18)36-19(14)21(34)29-9-6-17(32)7-10-29/h2-4,13,17,32H,5-12H2,1H3. The number of halogens is 4. The Kier molecular flexibility index (Phi) is 7.37. The van der Waals surface area contributed by atoms with Gasteiger partial charge >= 0.3 is 11.9 Å². The Hall–Kier alpha value is -2.99. The Morgan fingerprint density at radius 2 is 1.83 bits per heavy atom. The number of aliphatic hydroxyl groups is 1. The number of carbonyl (C=O) groups is 1. The molecule has 0 radical (unpaired) electrons. The van der Waals surface area contributed by atoms with Crippen molar-refractivity contribution in [3.8, 4) is 0 Å². The first-order valence-corrected chi connectivity index (χ1v) is 12.3. The minimum Gasteiger partial charge on any atom is -0.393 e. The van der Waals surface area contributed by atoms with Gasteiger partial charge in [-0.05, 0) is 49.4 Å². The molecule has 1 amide bonds. The summed E-state index contributed by atoms with van der Waals surface area (Å²) in [5.41, 5.74) is -0.782. The molecule has 1 saturated heterocycles. The van der Waals surface area contributed by atoms with Gasteiger partial charge in [0.2, 0.25) is 0 Å². The predicted molar refractivity (Wildman–Crippen MR) is 127 cm³/mol. The lowest BCUT2D eigenvalue weighted by Gasteiger charge is -2.29. The highest BCUT2D eigenvalue weighted by molar-refractivity contribution is 7.20. The van der Waals surface area contributed by atoms with E-state index in [1.54, 1.807) is 13.0 Å². The largest absolute Gasteiger partial charge is 0.393 e. The number of amides is 1. The Morgan fingerprint density at radius 3 is 2.47 bits per heavy atom. The molecule has 1 N–H and O–H groups in total. The van der Waals surface area contributed by atoms with Gasteiger partial charge in [0.05, 0.1) is 22.8 Å². The van der Waals surface area contributed by atoms with Crippen molar-refractivity contribution in [2.45, 2.75) is 58.0 Å². The van der Waals surface area contributed by atoms with E-state index in [2.05, 4.69) is 0 Å². The van der Waals surface area contributed by atoms with E-state index < -0.39 is 42.3 Å². The molecule has 3 heterocycles. The zero-order valence-electron chi connectivity index (χ0n) is 19.5. The lowest BCUT2D eigenvalue weighted by Crippen LogP contribution is -2.41. The second-order valence-corrected chi connectivity index (χ2v) is 9.89. The second kappa shape index (κ2) is 10.2. The lowest BCUT2D eigenvalue weighted by atomic mass is 10.1. The van der Waals surface area contributed by atoms with Crippen LogP contribution in [-0.2, 0) is 19.5 Å². The fraction of sp³-hybridized carbons (Fsp3) is 0.458. The molecule has 1 fully saturated rings. The first-order valence-electron chi connectivity index (χ1n) is 11.5. The van der Waals surface area contributed by atoms with Gasteiger partial charge in [0.25, 0.3) is 11.5 Å². The number of rotatable bonds is 6. The number of alkyl halides is 3. The molecule has 7 nitrogen and oxygen atoms in total. The number of piperidine rings is 1. The summed E-state index contributed by atoms with van der Waals surface area (Å²) in [6, 6.07) is 5.62.